The molecular formula is C25H28FN5O4. The summed E-state index contributed by atoms with van der Waals surface area (Å²) in [7, 11) is 0. The molecule has 2 aromatic heterocycles. The molecule has 2 amide bonds. The third-order valence-corrected chi connectivity index (χ3v) is 6.79. The molecule has 35 heavy (non-hydrogen) atoms. The van der Waals surface area contributed by atoms with Gasteiger partial charge in [-0.05, 0) is 57.1 Å². The number of ether oxygens (including phenoxy) is 1. The van der Waals surface area contributed by atoms with Crippen molar-refractivity contribution in [3.05, 3.63) is 41.1 Å². The van der Waals surface area contributed by atoms with Gasteiger partial charge in [0.15, 0.2) is 0 Å². The van der Waals surface area contributed by atoms with Crippen LogP contribution in [0.5, 0.6) is 5.75 Å². The predicted octanol–water partition coefficient (Wildman–Crippen LogP) is 4.04. The number of piperidine rings is 1. The molecule has 1 saturated heterocycles. The fourth-order valence-electron chi connectivity index (χ4n) is 4.54. The number of carbonyl (C=O) groups is 2. The minimum atomic E-state index is -0.942. The minimum Gasteiger partial charge on any atom is -0.492 e. The number of aryl methyl sites for hydroxylation is 2. The first kappa shape index (κ1) is 23.1. The second-order valence-corrected chi connectivity index (χ2v) is 9.44. The van der Waals surface area contributed by atoms with Gasteiger partial charge in [-0.1, -0.05) is 0 Å². The standard InChI is InChI=1S/C25H28FN5O4/c1-13-9-17(19(10-18(13)26)35-11-15-3-4-15)21-23-22(28-12-27-21)20(14(2)29-23)24(32)30-16-5-7-31(8-6-16)25(33)34/h9-10,12,15-16,29H,3-8,11H2,1-2H3,(H,30,32)(H,33,34). The Morgan fingerprint density at radius 1 is 1.20 bits per heavy atom. The van der Waals surface area contributed by atoms with E-state index in [4.69, 9.17) is 9.84 Å². The van der Waals surface area contributed by atoms with Gasteiger partial charge in [-0.2, -0.15) is 0 Å². The fourth-order valence-corrected chi connectivity index (χ4v) is 4.54. The molecule has 1 aliphatic heterocycles. The lowest BCUT2D eigenvalue weighted by molar-refractivity contribution is 0.0908. The van der Waals surface area contributed by atoms with E-state index in [0.717, 1.165) is 12.8 Å². The Hall–Kier alpha value is -3.69. The topological polar surface area (TPSA) is 120 Å². The van der Waals surface area contributed by atoms with Gasteiger partial charge < -0.3 is 25.0 Å². The van der Waals surface area contributed by atoms with E-state index in [1.165, 1.54) is 17.3 Å². The molecule has 0 atom stereocenters. The molecule has 2 aliphatic rings. The molecule has 184 valence electrons. The normalized spacial score (nSPS) is 16.5. The lowest BCUT2D eigenvalue weighted by Gasteiger charge is -2.30. The summed E-state index contributed by atoms with van der Waals surface area (Å²) in [5.74, 6) is 0.306. The molecule has 3 heterocycles. The average Bonchev–Trinajstić information content (AvgIpc) is 3.59. The molecule has 2 fully saturated rings. The SMILES string of the molecule is Cc1cc(-c2ncnc3c(C(=O)NC4CCN(C(=O)O)CC4)c(C)[nH]c23)c(OCC2CC2)cc1F. The van der Waals surface area contributed by atoms with Crippen LogP contribution in [0.15, 0.2) is 18.5 Å². The van der Waals surface area contributed by atoms with Crippen LogP contribution in [0.25, 0.3) is 22.3 Å². The molecular weight excluding hydrogens is 453 g/mol. The van der Waals surface area contributed by atoms with Crippen molar-refractivity contribution in [3.63, 3.8) is 0 Å². The molecule has 3 N–H and O–H groups in total. The zero-order chi connectivity index (χ0) is 24.7. The Morgan fingerprint density at radius 3 is 2.63 bits per heavy atom. The second kappa shape index (κ2) is 9.16. The molecule has 1 saturated carbocycles. The van der Waals surface area contributed by atoms with Gasteiger partial charge in [0.25, 0.3) is 5.91 Å². The summed E-state index contributed by atoms with van der Waals surface area (Å²) in [4.78, 5) is 37.8. The Balaban J connectivity index is 1.45. The maximum Gasteiger partial charge on any atom is 0.407 e. The number of likely N-dealkylation sites (tertiary alicyclic amines) is 1. The fraction of sp³-hybridized carbons (Fsp3) is 0.440. The van der Waals surface area contributed by atoms with E-state index < -0.39 is 6.09 Å². The van der Waals surface area contributed by atoms with Crippen LogP contribution < -0.4 is 10.1 Å². The van der Waals surface area contributed by atoms with Crippen molar-refractivity contribution < 1.29 is 23.8 Å². The van der Waals surface area contributed by atoms with Crippen LogP contribution in [0.2, 0.25) is 0 Å². The number of halogens is 1. The van der Waals surface area contributed by atoms with E-state index in [9.17, 15) is 14.0 Å². The molecule has 1 aromatic carbocycles. The highest BCUT2D eigenvalue weighted by atomic mass is 19.1. The second-order valence-electron chi connectivity index (χ2n) is 9.44. The van der Waals surface area contributed by atoms with Gasteiger partial charge in [-0.15, -0.1) is 0 Å². The molecule has 5 rings (SSSR count). The van der Waals surface area contributed by atoms with Crippen LogP contribution >= 0.6 is 0 Å². The number of amides is 2. The number of H-pyrrole nitrogens is 1. The van der Waals surface area contributed by atoms with Gasteiger partial charge in [0, 0.05) is 36.5 Å². The van der Waals surface area contributed by atoms with Gasteiger partial charge in [-0.25, -0.2) is 19.2 Å². The zero-order valence-electron chi connectivity index (χ0n) is 19.7. The molecule has 0 bridgehead atoms. The number of nitrogens with one attached hydrogen (secondary N) is 2. The first-order valence-corrected chi connectivity index (χ1v) is 11.9. The van der Waals surface area contributed by atoms with E-state index in [2.05, 4.69) is 20.3 Å². The summed E-state index contributed by atoms with van der Waals surface area (Å²) in [6.07, 6.45) is 3.79. The molecule has 0 spiro atoms. The summed E-state index contributed by atoms with van der Waals surface area (Å²) in [5, 5.41) is 12.2. The first-order chi connectivity index (χ1) is 16.8. The number of aromatic amines is 1. The van der Waals surface area contributed by atoms with Crippen LogP contribution in [0, 0.1) is 25.6 Å². The molecule has 0 radical (unpaired) electrons. The highest BCUT2D eigenvalue weighted by Gasteiger charge is 2.28. The Labute approximate surface area is 201 Å². The van der Waals surface area contributed by atoms with Gasteiger partial charge >= 0.3 is 6.09 Å². The van der Waals surface area contributed by atoms with Crippen LogP contribution in [0.1, 0.15) is 47.3 Å². The number of hydrogen-bond acceptors (Lipinski definition) is 5. The largest absolute Gasteiger partial charge is 0.492 e. The Morgan fingerprint density at radius 2 is 1.94 bits per heavy atom. The van der Waals surface area contributed by atoms with Gasteiger partial charge in [-0.3, -0.25) is 4.79 Å². The maximum atomic E-state index is 14.4. The number of fused-ring (bicyclic) bond motifs is 1. The molecule has 9 nitrogen and oxygen atoms in total. The third kappa shape index (κ3) is 4.65. The average molecular weight is 482 g/mol. The summed E-state index contributed by atoms with van der Waals surface area (Å²) < 4.78 is 20.4. The number of carbonyl (C=O) groups excluding carboxylic acids is 1. The number of carboxylic acid groups (broad SMARTS) is 1. The first-order valence-electron chi connectivity index (χ1n) is 11.9. The molecule has 1 aliphatic carbocycles. The van der Waals surface area contributed by atoms with Crippen molar-refractivity contribution in [2.75, 3.05) is 19.7 Å². The van der Waals surface area contributed by atoms with Crippen LogP contribution in [-0.4, -0.2) is 62.7 Å². The third-order valence-electron chi connectivity index (χ3n) is 6.79. The van der Waals surface area contributed by atoms with E-state index in [-0.39, 0.29) is 17.8 Å². The highest BCUT2D eigenvalue weighted by Crippen LogP contribution is 2.37. The van der Waals surface area contributed by atoms with Crippen molar-refractivity contribution >= 4 is 23.0 Å². The summed E-state index contributed by atoms with van der Waals surface area (Å²) in [6.45, 7) is 4.78. The summed E-state index contributed by atoms with van der Waals surface area (Å²) in [5.41, 5.74) is 3.78. The lowest BCUT2D eigenvalue weighted by atomic mass is 10.0. The van der Waals surface area contributed by atoms with Crippen molar-refractivity contribution in [3.8, 4) is 17.0 Å². The van der Waals surface area contributed by atoms with Crippen LogP contribution in [0.3, 0.4) is 0 Å². The lowest BCUT2D eigenvalue weighted by Crippen LogP contribution is -2.46. The summed E-state index contributed by atoms with van der Waals surface area (Å²) in [6, 6.07) is 2.99. The monoisotopic (exact) mass is 481 g/mol. The van der Waals surface area contributed by atoms with E-state index in [1.807, 2.05) is 0 Å². The van der Waals surface area contributed by atoms with E-state index >= 15 is 0 Å². The number of nitrogens with zero attached hydrogens (tertiary/aromatic N) is 3. The molecule has 10 heteroatoms. The van der Waals surface area contributed by atoms with Crippen LogP contribution in [0.4, 0.5) is 9.18 Å². The van der Waals surface area contributed by atoms with Gasteiger partial charge in [0.2, 0.25) is 0 Å². The maximum absolute atomic E-state index is 14.4. The van der Waals surface area contributed by atoms with Crippen LogP contribution in [-0.2, 0) is 0 Å². The highest BCUT2D eigenvalue weighted by molar-refractivity contribution is 6.09. The Kier molecular flexibility index (Phi) is 6.04. The number of rotatable bonds is 6. The van der Waals surface area contributed by atoms with Gasteiger partial charge in [0.05, 0.1) is 17.7 Å². The number of benzene rings is 1. The molecule has 3 aromatic rings. The van der Waals surface area contributed by atoms with E-state index in [0.29, 0.717) is 83.3 Å². The van der Waals surface area contributed by atoms with Crippen molar-refractivity contribution in [2.24, 2.45) is 5.92 Å². The Bertz CT molecular complexity index is 1290. The number of hydrogen-bond donors (Lipinski definition) is 3. The molecule has 0 unspecified atom stereocenters. The quantitative estimate of drug-likeness (QED) is 0.489. The van der Waals surface area contributed by atoms with Crippen molar-refractivity contribution in [1.82, 2.24) is 25.2 Å². The van der Waals surface area contributed by atoms with Gasteiger partial charge in [0.1, 0.15) is 29.1 Å². The summed E-state index contributed by atoms with van der Waals surface area (Å²) >= 11 is 0. The van der Waals surface area contributed by atoms with E-state index in [1.54, 1.807) is 19.9 Å². The number of aromatic nitrogens is 3. The predicted molar refractivity (Wildman–Crippen MR) is 127 cm³/mol. The van der Waals surface area contributed by atoms with Crippen molar-refractivity contribution in [2.45, 2.75) is 45.6 Å². The smallest absolute Gasteiger partial charge is 0.407 e. The van der Waals surface area contributed by atoms with Crippen molar-refractivity contribution in [1.29, 1.82) is 0 Å². The minimum absolute atomic E-state index is 0.120. The zero-order valence-corrected chi connectivity index (χ0v) is 19.7.